The van der Waals surface area contributed by atoms with E-state index in [1.807, 2.05) is 6.92 Å². The minimum absolute atomic E-state index is 0.164. The first kappa shape index (κ1) is 19.1. The van der Waals surface area contributed by atoms with Crippen LogP contribution in [0.5, 0.6) is 0 Å². The van der Waals surface area contributed by atoms with E-state index in [1.54, 1.807) is 55.5 Å². The van der Waals surface area contributed by atoms with Crippen molar-refractivity contribution in [2.75, 3.05) is 0 Å². The summed E-state index contributed by atoms with van der Waals surface area (Å²) in [7, 11) is -3.72. The molecule has 0 saturated carbocycles. The van der Waals surface area contributed by atoms with Crippen LogP contribution < -0.4 is 5.32 Å². The van der Waals surface area contributed by atoms with Crippen molar-refractivity contribution in [1.29, 1.82) is 0 Å². The van der Waals surface area contributed by atoms with Crippen LogP contribution in [0.25, 0.3) is 5.70 Å². The van der Waals surface area contributed by atoms with Crippen LogP contribution >= 0.6 is 15.9 Å². The molecule has 0 atom stereocenters. The van der Waals surface area contributed by atoms with E-state index in [0.717, 1.165) is 15.4 Å². The summed E-state index contributed by atoms with van der Waals surface area (Å²) in [6.45, 7) is 7.02. The molecule has 0 radical (unpaired) electrons. The molecule has 2 aromatic rings. The molecule has 0 aliphatic carbocycles. The normalized spacial score (nSPS) is 11.9. The fraction of sp³-hybridized carbons (Fsp3) is 0.105. The molecule has 130 valence electrons. The third-order valence-corrected chi connectivity index (χ3v) is 5.42. The van der Waals surface area contributed by atoms with Crippen LogP contribution in [-0.4, -0.2) is 14.3 Å². The highest BCUT2D eigenvalue weighted by Crippen LogP contribution is 2.21. The molecular formula is C19H18BrNO3S. The van der Waals surface area contributed by atoms with Gasteiger partial charge in [-0.1, -0.05) is 52.3 Å². The summed E-state index contributed by atoms with van der Waals surface area (Å²) in [6.07, 6.45) is 0. The monoisotopic (exact) mass is 419 g/mol. The molecule has 0 saturated heterocycles. The number of hydrogen-bond acceptors (Lipinski definition) is 3. The van der Waals surface area contributed by atoms with E-state index < -0.39 is 15.7 Å². The number of benzene rings is 2. The zero-order valence-electron chi connectivity index (χ0n) is 13.9. The Morgan fingerprint density at radius 3 is 2.16 bits per heavy atom. The number of rotatable bonds is 5. The summed E-state index contributed by atoms with van der Waals surface area (Å²) < 4.78 is 26.2. The summed E-state index contributed by atoms with van der Waals surface area (Å²) in [5.41, 5.74) is 2.02. The smallest absolute Gasteiger partial charge is 0.250 e. The Balaban J connectivity index is 2.51. The fourth-order valence-electron chi connectivity index (χ4n) is 1.98. The third kappa shape index (κ3) is 5.14. The van der Waals surface area contributed by atoms with Crippen molar-refractivity contribution in [3.63, 3.8) is 0 Å². The number of hydrogen-bond donors (Lipinski definition) is 1. The molecule has 0 aromatic heterocycles. The maximum Gasteiger partial charge on any atom is 0.250 e. The largest absolute Gasteiger partial charge is 0.321 e. The Hall–Kier alpha value is -2.18. The molecular weight excluding hydrogens is 402 g/mol. The van der Waals surface area contributed by atoms with Gasteiger partial charge in [0.1, 0.15) is 0 Å². The van der Waals surface area contributed by atoms with Crippen LogP contribution in [0.3, 0.4) is 0 Å². The highest BCUT2D eigenvalue weighted by atomic mass is 79.9. The SMILES string of the molecule is C=C(C)C(=O)NC(=CS(=O)(=O)c1ccc(C)cc1)c1ccc(Br)cc1. The Kier molecular flexibility index (Phi) is 5.98. The van der Waals surface area contributed by atoms with E-state index in [-0.39, 0.29) is 16.2 Å². The molecule has 0 aliphatic rings. The van der Waals surface area contributed by atoms with Crippen molar-refractivity contribution in [1.82, 2.24) is 5.32 Å². The number of carbonyl (C=O) groups is 1. The van der Waals surface area contributed by atoms with Gasteiger partial charge in [0, 0.05) is 10.0 Å². The molecule has 0 aliphatic heterocycles. The van der Waals surface area contributed by atoms with Crippen LogP contribution in [0.4, 0.5) is 0 Å². The highest BCUT2D eigenvalue weighted by Gasteiger charge is 2.16. The number of carbonyl (C=O) groups excluding carboxylic acids is 1. The van der Waals surface area contributed by atoms with Crippen LogP contribution in [0.1, 0.15) is 18.1 Å². The van der Waals surface area contributed by atoms with Gasteiger partial charge in [-0.3, -0.25) is 4.79 Å². The third-order valence-electron chi connectivity index (χ3n) is 3.41. The van der Waals surface area contributed by atoms with E-state index in [4.69, 9.17) is 0 Å². The standard InChI is InChI=1S/C19H18BrNO3S/c1-13(2)19(22)21-18(15-6-8-16(20)9-7-15)12-25(23,24)17-10-4-14(3)5-11-17/h4-12H,1H2,2-3H3,(H,21,22). The van der Waals surface area contributed by atoms with E-state index >= 15 is 0 Å². The quantitative estimate of drug-likeness (QED) is 0.737. The molecule has 1 N–H and O–H groups in total. The number of nitrogens with one attached hydrogen (secondary N) is 1. The summed E-state index contributed by atoms with van der Waals surface area (Å²) in [4.78, 5) is 12.2. The van der Waals surface area contributed by atoms with Gasteiger partial charge in [0.15, 0.2) is 0 Å². The topological polar surface area (TPSA) is 63.2 Å². The molecule has 0 heterocycles. The van der Waals surface area contributed by atoms with Crippen molar-refractivity contribution in [3.05, 3.63) is 81.7 Å². The zero-order chi connectivity index (χ0) is 18.6. The lowest BCUT2D eigenvalue weighted by atomic mass is 10.1. The van der Waals surface area contributed by atoms with Crippen LogP contribution in [0, 0.1) is 6.92 Å². The Morgan fingerprint density at radius 1 is 1.08 bits per heavy atom. The summed E-state index contributed by atoms with van der Waals surface area (Å²) in [5, 5.41) is 3.69. The first-order valence-corrected chi connectivity index (χ1v) is 9.79. The van der Waals surface area contributed by atoms with Gasteiger partial charge in [0.2, 0.25) is 9.84 Å². The van der Waals surface area contributed by atoms with Crippen molar-refractivity contribution >= 4 is 37.4 Å². The lowest BCUT2D eigenvalue weighted by Gasteiger charge is -2.11. The molecule has 4 nitrogen and oxygen atoms in total. The summed E-state index contributed by atoms with van der Waals surface area (Å²) >= 11 is 3.33. The molecule has 1 amide bonds. The molecule has 0 spiro atoms. The average molecular weight is 420 g/mol. The number of sulfone groups is 1. The van der Waals surface area contributed by atoms with Gasteiger partial charge in [-0.2, -0.15) is 0 Å². The zero-order valence-corrected chi connectivity index (χ0v) is 16.3. The minimum Gasteiger partial charge on any atom is -0.321 e. The van der Waals surface area contributed by atoms with E-state index in [2.05, 4.69) is 27.8 Å². The van der Waals surface area contributed by atoms with Gasteiger partial charge in [-0.25, -0.2) is 8.42 Å². The predicted molar refractivity (Wildman–Crippen MR) is 103 cm³/mol. The van der Waals surface area contributed by atoms with Gasteiger partial charge >= 0.3 is 0 Å². The first-order valence-electron chi connectivity index (χ1n) is 7.45. The lowest BCUT2D eigenvalue weighted by molar-refractivity contribution is -0.116. The summed E-state index contributed by atoms with van der Waals surface area (Å²) in [6, 6.07) is 13.5. The van der Waals surface area contributed by atoms with Gasteiger partial charge in [0.05, 0.1) is 16.0 Å². The average Bonchev–Trinajstić information content (AvgIpc) is 2.55. The Morgan fingerprint density at radius 2 is 1.64 bits per heavy atom. The summed E-state index contributed by atoms with van der Waals surface area (Å²) in [5.74, 6) is -0.437. The lowest BCUT2D eigenvalue weighted by Crippen LogP contribution is -2.23. The number of amides is 1. The predicted octanol–water partition coefficient (Wildman–Crippen LogP) is 4.22. The van der Waals surface area contributed by atoms with Crippen molar-refractivity contribution in [2.24, 2.45) is 0 Å². The first-order chi connectivity index (χ1) is 11.7. The molecule has 0 bridgehead atoms. The van der Waals surface area contributed by atoms with Crippen LogP contribution in [-0.2, 0) is 14.6 Å². The second kappa shape index (κ2) is 7.80. The van der Waals surface area contributed by atoms with Gasteiger partial charge < -0.3 is 5.32 Å². The van der Waals surface area contributed by atoms with E-state index in [1.165, 1.54) is 0 Å². The Labute approximate surface area is 156 Å². The fourth-order valence-corrected chi connectivity index (χ4v) is 3.40. The number of halogens is 1. The van der Waals surface area contributed by atoms with Crippen molar-refractivity contribution < 1.29 is 13.2 Å². The molecule has 2 rings (SSSR count). The van der Waals surface area contributed by atoms with Gasteiger partial charge in [-0.05, 0) is 43.7 Å². The van der Waals surface area contributed by atoms with E-state index in [0.29, 0.717) is 5.56 Å². The van der Waals surface area contributed by atoms with Gasteiger partial charge in [-0.15, -0.1) is 0 Å². The molecule has 0 fully saturated rings. The second-order valence-electron chi connectivity index (χ2n) is 5.63. The maximum absolute atomic E-state index is 12.7. The van der Waals surface area contributed by atoms with Crippen molar-refractivity contribution in [2.45, 2.75) is 18.7 Å². The number of aryl methyl sites for hydroxylation is 1. The van der Waals surface area contributed by atoms with Crippen LogP contribution in [0.2, 0.25) is 0 Å². The van der Waals surface area contributed by atoms with Crippen LogP contribution in [0.15, 0.2) is 75.5 Å². The molecule has 25 heavy (non-hydrogen) atoms. The van der Waals surface area contributed by atoms with Gasteiger partial charge in [0.25, 0.3) is 5.91 Å². The Bertz CT molecular complexity index is 928. The maximum atomic E-state index is 12.7. The highest BCUT2D eigenvalue weighted by molar-refractivity contribution is 9.10. The minimum atomic E-state index is -3.72. The molecule has 0 unspecified atom stereocenters. The molecule has 2 aromatic carbocycles. The van der Waals surface area contributed by atoms with E-state index in [9.17, 15) is 13.2 Å². The second-order valence-corrected chi connectivity index (χ2v) is 8.34. The van der Waals surface area contributed by atoms with Crippen molar-refractivity contribution in [3.8, 4) is 0 Å². The molecule has 6 heteroatoms.